The van der Waals surface area contributed by atoms with Crippen LogP contribution in [0.5, 0.6) is 0 Å². The summed E-state index contributed by atoms with van der Waals surface area (Å²) in [6.45, 7) is 0.209. The summed E-state index contributed by atoms with van der Waals surface area (Å²) < 4.78 is 27.0. The Kier molecular flexibility index (Phi) is 4.25. The maximum Gasteiger partial charge on any atom is 0.291 e. The zero-order valence-electron chi connectivity index (χ0n) is 7.81. The molecule has 0 aliphatic rings. The van der Waals surface area contributed by atoms with Crippen molar-refractivity contribution in [2.75, 3.05) is 6.54 Å². The summed E-state index contributed by atoms with van der Waals surface area (Å²) in [7, 11) is 0. The minimum atomic E-state index is -3.05. The largest absolute Gasteiger partial charge is 0.330 e. The van der Waals surface area contributed by atoms with Gasteiger partial charge < -0.3 is 5.73 Å². The van der Waals surface area contributed by atoms with Gasteiger partial charge in [0.1, 0.15) is 5.69 Å². The Hall–Kier alpha value is -0.450. The van der Waals surface area contributed by atoms with Gasteiger partial charge in [-0.1, -0.05) is 23.2 Å². The minimum Gasteiger partial charge on any atom is -0.330 e. The van der Waals surface area contributed by atoms with Gasteiger partial charge in [0.15, 0.2) is 0 Å². The first kappa shape index (κ1) is 12.6. The van der Waals surface area contributed by atoms with Crippen LogP contribution in [-0.2, 0) is 5.92 Å². The van der Waals surface area contributed by atoms with Crippen molar-refractivity contribution in [1.82, 2.24) is 4.98 Å². The molecule has 0 aromatic carbocycles. The molecule has 1 aromatic heterocycles. The lowest BCUT2D eigenvalue weighted by molar-refractivity contribution is -0.0188. The van der Waals surface area contributed by atoms with Crippen molar-refractivity contribution in [2.45, 2.75) is 18.8 Å². The molecular weight excluding hydrogens is 245 g/mol. The highest BCUT2D eigenvalue weighted by Gasteiger charge is 2.34. The Morgan fingerprint density at radius 2 is 2.07 bits per heavy atom. The molecule has 0 aliphatic heterocycles. The average molecular weight is 255 g/mol. The van der Waals surface area contributed by atoms with Crippen LogP contribution in [0.2, 0.25) is 10.0 Å². The van der Waals surface area contributed by atoms with E-state index in [-0.39, 0.29) is 29.4 Å². The summed E-state index contributed by atoms with van der Waals surface area (Å²) in [5.41, 5.74) is 4.73. The van der Waals surface area contributed by atoms with Gasteiger partial charge in [0.25, 0.3) is 5.92 Å². The predicted molar refractivity (Wildman–Crippen MR) is 56.4 cm³/mol. The lowest BCUT2D eigenvalue weighted by Crippen LogP contribution is -2.17. The fraction of sp³-hybridized carbons (Fsp3) is 0.444. The highest BCUT2D eigenvalue weighted by Crippen LogP contribution is 2.36. The van der Waals surface area contributed by atoms with Crippen molar-refractivity contribution in [3.63, 3.8) is 0 Å². The third-order valence-corrected chi connectivity index (χ3v) is 2.34. The molecule has 1 heterocycles. The predicted octanol–water partition coefficient (Wildman–Crippen LogP) is 3.22. The molecule has 0 bridgehead atoms. The first-order valence-corrected chi connectivity index (χ1v) is 5.12. The van der Waals surface area contributed by atoms with Gasteiger partial charge >= 0.3 is 0 Å². The summed E-state index contributed by atoms with van der Waals surface area (Å²) in [4.78, 5) is 3.55. The molecule has 0 saturated carbocycles. The van der Waals surface area contributed by atoms with E-state index in [4.69, 9.17) is 28.9 Å². The number of hydrogen-bond donors (Lipinski definition) is 1. The molecule has 84 valence electrons. The van der Waals surface area contributed by atoms with Gasteiger partial charge in [0.05, 0.1) is 10.0 Å². The summed E-state index contributed by atoms with van der Waals surface area (Å²) in [5.74, 6) is -3.05. The van der Waals surface area contributed by atoms with Gasteiger partial charge in [-0.2, -0.15) is 8.78 Å². The number of halogens is 4. The highest BCUT2D eigenvalue weighted by atomic mass is 35.5. The number of nitrogens with zero attached hydrogens (tertiary/aromatic N) is 1. The maximum atomic E-state index is 13.5. The van der Waals surface area contributed by atoms with E-state index in [1.807, 2.05) is 0 Å². The SMILES string of the molecule is NCCCC(F)(F)c1ncc(Cl)cc1Cl. The monoisotopic (exact) mass is 254 g/mol. The minimum absolute atomic E-state index is 0.121. The van der Waals surface area contributed by atoms with Gasteiger partial charge in [-0.15, -0.1) is 0 Å². The standard InChI is InChI=1S/C9H10Cl2F2N2/c10-6-4-7(11)8(15-5-6)9(12,13)2-1-3-14/h4-5H,1-3,14H2. The van der Waals surface area contributed by atoms with Gasteiger partial charge in [0, 0.05) is 12.6 Å². The van der Waals surface area contributed by atoms with Crippen molar-refractivity contribution >= 4 is 23.2 Å². The van der Waals surface area contributed by atoms with Crippen molar-refractivity contribution < 1.29 is 8.78 Å². The summed E-state index contributed by atoms with van der Waals surface area (Å²) in [5, 5.41) is 0.114. The van der Waals surface area contributed by atoms with E-state index in [2.05, 4.69) is 4.98 Å². The van der Waals surface area contributed by atoms with E-state index < -0.39 is 11.6 Å². The molecule has 0 amide bonds. The third-order valence-electron chi connectivity index (χ3n) is 1.85. The fourth-order valence-electron chi connectivity index (χ4n) is 1.13. The smallest absolute Gasteiger partial charge is 0.291 e. The van der Waals surface area contributed by atoms with E-state index in [0.29, 0.717) is 0 Å². The van der Waals surface area contributed by atoms with Crippen molar-refractivity contribution in [1.29, 1.82) is 0 Å². The van der Waals surface area contributed by atoms with Crippen LogP contribution in [0.15, 0.2) is 12.3 Å². The average Bonchev–Trinajstić information content (AvgIpc) is 2.14. The molecule has 0 atom stereocenters. The second-order valence-corrected chi connectivity index (χ2v) is 3.92. The van der Waals surface area contributed by atoms with E-state index >= 15 is 0 Å². The topological polar surface area (TPSA) is 38.9 Å². The molecule has 2 N–H and O–H groups in total. The van der Waals surface area contributed by atoms with Gasteiger partial charge in [0.2, 0.25) is 0 Å². The van der Waals surface area contributed by atoms with E-state index in [0.717, 1.165) is 6.20 Å². The van der Waals surface area contributed by atoms with Gasteiger partial charge in [-0.05, 0) is 19.0 Å². The fourth-order valence-corrected chi connectivity index (χ4v) is 1.64. The molecule has 15 heavy (non-hydrogen) atoms. The molecule has 0 radical (unpaired) electrons. The zero-order chi connectivity index (χ0) is 11.5. The molecule has 0 fully saturated rings. The maximum absolute atomic E-state index is 13.5. The molecule has 0 unspecified atom stereocenters. The second kappa shape index (κ2) is 5.05. The van der Waals surface area contributed by atoms with Crippen LogP contribution in [0, 0.1) is 0 Å². The van der Waals surface area contributed by atoms with Crippen molar-refractivity contribution in [3.8, 4) is 0 Å². The Labute approximate surface area is 96.4 Å². The Bertz CT molecular complexity index is 345. The highest BCUT2D eigenvalue weighted by molar-refractivity contribution is 6.34. The first-order valence-electron chi connectivity index (χ1n) is 4.37. The van der Waals surface area contributed by atoms with Crippen LogP contribution in [0.3, 0.4) is 0 Å². The number of alkyl halides is 2. The molecule has 0 saturated heterocycles. The molecule has 6 heteroatoms. The normalized spacial score (nSPS) is 11.8. The quantitative estimate of drug-likeness (QED) is 0.897. The van der Waals surface area contributed by atoms with Crippen LogP contribution in [0.4, 0.5) is 8.78 Å². The van der Waals surface area contributed by atoms with Gasteiger partial charge in [-0.25, -0.2) is 0 Å². The number of hydrogen-bond acceptors (Lipinski definition) is 2. The Morgan fingerprint density at radius 3 is 2.60 bits per heavy atom. The van der Waals surface area contributed by atoms with Crippen molar-refractivity contribution in [2.24, 2.45) is 5.73 Å². The summed E-state index contributed by atoms with van der Waals surface area (Å²) in [6, 6.07) is 1.25. The Balaban J connectivity index is 2.93. The number of aromatic nitrogens is 1. The van der Waals surface area contributed by atoms with Crippen LogP contribution in [-0.4, -0.2) is 11.5 Å². The van der Waals surface area contributed by atoms with E-state index in [1.54, 1.807) is 0 Å². The second-order valence-electron chi connectivity index (χ2n) is 3.08. The summed E-state index contributed by atoms with van der Waals surface area (Å²) in [6.07, 6.45) is 1.00. The third kappa shape index (κ3) is 3.26. The van der Waals surface area contributed by atoms with Crippen LogP contribution < -0.4 is 5.73 Å². The van der Waals surface area contributed by atoms with Crippen LogP contribution >= 0.6 is 23.2 Å². The molecule has 1 aromatic rings. The number of nitrogens with two attached hydrogens (primary N) is 1. The zero-order valence-corrected chi connectivity index (χ0v) is 9.32. The van der Waals surface area contributed by atoms with E-state index in [1.165, 1.54) is 6.07 Å². The van der Waals surface area contributed by atoms with E-state index in [9.17, 15) is 8.78 Å². The lowest BCUT2D eigenvalue weighted by Gasteiger charge is -2.16. The molecular formula is C9H10Cl2F2N2. The number of pyridine rings is 1. The van der Waals surface area contributed by atoms with Gasteiger partial charge in [-0.3, -0.25) is 4.98 Å². The first-order chi connectivity index (χ1) is 6.97. The summed E-state index contributed by atoms with van der Waals surface area (Å²) >= 11 is 11.2. The molecule has 0 spiro atoms. The molecule has 2 nitrogen and oxygen atoms in total. The molecule has 1 rings (SSSR count). The van der Waals surface area contributed by atoms with Crippen LogP contribution in [0.1, 0.15) is 18.5 Å². The number of rotatable bonds is 4. The lowest BCUT2D eigenvalue weighted by atomic mass is 10.1. The molecule has 0 aliphatic carbocycles. The van der Waals surface area contributed by atoms with Crippen molar-refractivity contribution in [3.05, 3.63) is 28.0 Å². The Morgan fingerprint density at radius 1 is 1.40 bits per heavy atom. The van der Waals surface area contributed by atoms with Crippen LogP contribution in [0.25, 0.3) is 0 Å².